The van der Waals surface area contributed by atoms with E-state index in [1.165, 1.54) is 11.3 Å². The number of hydrogen-bond donors (Lipinski definition) is 2. The number of pyridine rings is 2. The third kappa shape index (κ3) is 4.16. The lowest BCUT2D eigenvalue weighted by atomic mass is 10.1. The number of benzene rings is 1. The summed E-state index contributed by atoms with van der Waals surface area (Å²) < 4.78 is 0. The van der Waals surface area contributed by atoms with Gasteiger partial charge in [0.05, 0.1) is 17.6 Å². The van der Waals surface area contributed by atoms with Gasteiger partial charge < -0.3 is 10.6 Å². The summed E-state index contributed by atoms with van der Waals surface area (Å²) in [5.41, 5.74) is 3.02. The highest BCUT2D eigenvalue weighted by Gasteiger charge is 2.09. The molecule has 27 heavy (non-hydrogen) atoms. The predicted octanol–water partition coefficient (Wildman–Crippen LogP) is 4.60. The summed E-state index contributed by atoms with van der Waals surface area (Å²) in [7, 11) is 0. The van der Waals surface area contributed by atoms with Gasteiger partial charge in [-0.25, -0.2) is 9.97 Å². The number of thiazole rings is 1. The molecule has 6 nitrogen and oxygen atoms in total. The molecule has 7 heteroatoms. The van der Waals surface area contributed by atoms with Gasteiger partial charge in [0.1, 0.15) is 5.82 Å². The molecule has 1 amide bonds. The van der Waals surface area contributed by atoms with Crippen LogP contribution >= 0.6 is 11.3 Å². The van der Waals surface area contributed by atoms with E-state index < -0.39 is 0 Å². The van der Waals surface area contributed by atoms with Crippen LogP contribution in [-0.4, -0.2) is 20.9 Å². The van der Waals surface area contributed by atoms with Crippen molar-refractivity contribution >= 4 is 33.9 Å². The van der Waals surface area contributed by atoms with Crippen LogP contribution in [0.5, 0.6) is 0 Å². The van der Waals surface area contributed by atoms with Gasteiger partial charge in [0.2, 0.25) is 0 Å². The number of rotatable bonds is 5. The molecule has 2 N–H and O–H groups in total. The minimum Gasteiger partial charge on any atom is -0.321 e. The Morgan fingerprint density at radius 2 is 1.85 bits per heavy atom. The number of aromatic nitrogens is 3. The fourth-order valence-corrected chi connectivity index (χ4v) is 3.17. The third-order valence-electron chi connectivity index (χ3n) is 3.77. The normalized spacial score (nSPS) is 10.4. The monoisotopic (exact) mass is 373 g/mol. The van der Waals surface area contributed by atoms with Crippen LogP contribution in [0.15, 0.2) is 78.6 Å². The molecular formula is C20H15N5OS. The summed E-state index contributed by atoms with van der Waals surface area (Å²) >= 11 is 1.50. The maximum atomic E-state index is 12.3. The zero-order chi connectivity index (χ0) is 18.5. The molecule has 0 atom stereocenters. The van der Waals surface area contributed by atoms with Gasteiger partial charge in [-0.3, -0.25) is 9.78 Å². The second-order valence-corrected chi connectivity index (χ2v) is 6.51. The summed E-state index contributed by atoms with van der Waals surface area (Å²) in [6, 6.07) is 16.6. The second-order valence-electron chi connectivity index (χ2n) is 5.65. The summed E-state index contributed by atoms with van der Waals surface area (Å²) in [5.74, 6) is 0.575. The second kappa shape index (κ2) is 7.76. The molecule has 3 heterocycles. The molecule has 0 aliphatic carbocycles. The SMILES string of the molecule is O=C(Nc1cccnc1)c1ccc(-c2csc(Nc3ccccn3)n2)cc1. The van der Waals surface area contributed by atoms with Crippen molar-refractivity contribution in [3.8, 4) is 11.3 Å². The Morgan fingerprint density at radius 1 is 0.963 bits per heavy atom. The molecule has 3 aromatic heterocycles. The van der Waals surface area contributed by atoms with E-state index in [9.17, 15) is 4.79 Å². The van der Waals surface area contributed by atoms with Crippen molar-refractivity contribution in [2.75, 3.05) is 10.6 Å². The highest BCUT2D eigenvalue weighted by molar-refractivity contribution is 7.14. The van der Waals surface area contributed by atoms with Gasteiger partial charge in [0.25, 0.3) is 5.91 Å². The van der Waals surface area contributed by atoms with Crippen molar-refractivity contribution in [1.82, 2.24) is 15.0 Å². The molecule has 0 aliphatic rings. The van der Waals surface area contributed by atoms with Gasteiger partial charge in [-0.15, -0.1) is 11.3 Å². The number of hydrogen-bond acceptors (Lipinski definition) is 6. The van der Waals surface area contributed by atoms with Gasteiger partial charge in [-0.2, -0.15) is 0 Å². The number of nitrogens with zero attached hydrogens (tertiary/aromatic N) is 3. The molecule has 0 aliphatic heterocycles. The van der Waals surface area contributed by atoms with Crippen molar-refractivity contribution in [2.24, 2.45) is 0 Å². The van der Waals surface area contributed by atoms with Crippen LogP contribution in [0.1, 0.15) is 10.4 Å². The largest absolute Gasteiger partial charge is 0.321 e. The van der Waals surface area contributed by atoms with Crippen molar-refractivity contribution in [2.45, 2.75) is 0 Å². The zero-order valence-electron chi connectivity index (χ0n) is 14.2. The maximum absolute atomic E-state index is 12.3. The molecule has 0 saturated heterocycles. The van der Waals surface area contributed by atoms with Crippen LogP contribution in [-0.2, 0) is 0 Å². The molecule has 132 valence electrons. The minimum absolute atomic E-state index is 0.176. The van der Waals surface area contributed by atoms with Crippen molar-refractivity contribution in [3.05, 3.63) is 84.1 Å². The van der Waals surface area contributed by atoms with Gasteiger partial charge in [0.15, 0.2) is 5.13 Å². The molecule has 4 rings (SSSR count). The first-order valence-electron chi connectivity index (χ1n) is 8.23. The summed E-state index contributed by atoms with van der Waals surface area (Å²) in [4.78, 5) is 25.1. The molecule has 0 fully saturated rings. The Morgan fingerprint density at radius 3 is 2.59 bits per heavy atom. The highest BCUT2D eigenvalue weighted by Crippen LogP contribution is 2.26. The summed E-state index contributed by atoms with van der Waals surface area (Å²) in [6.45, 7) is 0. The van der Waals surface area contributed by atoms with Crippen molar-refractivity contribution in [1.29, 1.82) is 0 Å². The fourth-order valence-electron chi connectivity index (χ4n) is 2.44. The number of amides is 1. The number of anilines is 3. The first kappa shape index (κ1) is 16.9. The van der Waals surface area contributed by atoms with Gasteiger partial charge >= 0.3 is 0 Å². The van der Waals surface area contributed by atoms with Crippen LogP contribution in [0.25, 0.3) is 11.3 Å². The Bertz CT molecular complexity index is 1030. The molecule has 4 aromatic rings. The molecule has 0 bridgehead atoms. The number of carbonyl (C=O) groups excluding carboxylic acids is 1. The molecule has 1 aromatic carbocycles. The maximum Gasteiger partial charge on any atom is 0.255 e. The van der Waals surface area contributed by atoms with Crippen LogP contribution in [0.2, 0.25) is 0 Å². The van der Waals surface area contributed by atoms with Crippen LogP contribution in [0.3, 0.4) is 0 Å². The average Bonchev–Trinajstić information content (AvgIpc) is 3.18. The molecule has 0 radical (unpaired) electrons. The smallest absolute Gasteiger partial charge is 0.255 e. The number of nitrogens with one attached hydrogen (secondary N) is 2. The topological polar surface area (TPSA) is 79.8 Å². The highest BCUT2D eigenvalue weighted by atomic mass is 32.1. The molecule has 0 saturated carbocycles. The predicted molar refractivity (Wildman–Crippen MR) is 107 cm³/mol. The first-order valence-corrected chi connectivity index (χ1v) is 9.11. The molecule has 0 unspecified atom stereocenters. The van der Waals surface area contributed by atoms with E-state index in [0.717, 1.165) is 22.2 Å². The van der Waals surface area contributed by atoms with Gasteiger partial charge in [-0.1, -0.05) is 18.2 Å². The summed E-state index contributed by atoms with van der Waals surface area (Å²) in [5, 5.41) is 8.73. The Hall–Kier alpha value is -3.58. The third-order valence-corrected chi connectivity index (χ3v) is 4.52. The van der Waals surface area contributed by atoms with E-state index in [-0.39, 0.29) is 5.91 Å². The molecular weight excluding hydrogens is 358 g/mol. The quantitative estimate of drug-likeness (QED) is 0.535. The Labute approximate surface area is 160 Å². The van der Waals surface area contributed by atoms with E-state index in [1.54, 1.807) is 42.9 Å². The van der Waals surface area contributed by atoms with Crippen molar-refractivity contribution < 1.29 is 4.79 Å². The lowest BCUT2D eigenvalue weighted by Crippen LogP contribution is -2.11. The first-order chi connectivity index (χ1) is 13.3. The van der Waals surface area contributed by atoms with E-state index in [4.69, 9.17) is 0 Å². The van der Waals surface area contributed by atoms with E-state index in [1.807, 2.05) is 35.7 Å². The Balaban J connectivity index is 1.45. The standard InChI is InChI=1S/C20H15N5OS/c26-19(23-16-4-3-10-21-12-16)15-8-6-14(7-9-15)17-13-27-20(24-17)25-18-5-1-2-11-22-18/h1-13H,(H,23,26)(H,22,24,25). The lowest BCUT2D eigenvalue weighted by Gasteiger charge is -2.05. The zero-order valence-corrected chi connectivity index (χ0v) is 15.0. The van der Waals surface area contributed by atoms with E-state index >= 15 is 0 Å². The summed E-state index contributed by atoms with van der Waals surface area (Å²) in [6.07, 6.45) is 5.00. The van der Waals surface area contributed by atoms with E-state index in [2.05, 4.69) is 25.6 Å². The van der Waals surface area contributed by atoms with Crippen LogP contribution in [0.4, 0.5) is 16.6 Å². The van der Waals surface area contributed by atoms with E-state index in [0.29, 0.717) is 11.3 Å². The fraction of sp³-hybridized carbons (Fsp3) is 0. The van der Waals surface area contributed by atoms with Crippen molar-refractivity contribution in [3.63, 3.8) is 0 Å². The number of carbonyl (C=O) groups is 1. The molecule has 0 spiro atoms. The average molecular weight is 373 g/mol. The van der Waals surface area contributed by atoms with Crippen LogP contribution < -0.4 is 10.6 Å². The van der Waals surface area contributed by atoms with Gasteiger partial charge in [0, 0.05) is 28.9 Å². The Kier molecular flexibility index (Phi) is 4.84. The van der Waals surface area contributed by atoms with Crippen LogP contribution in [0, 0.1) is 0 Å². The van der Waals surface area contributed by atoms with Gasteiger partial charge in [-0.05, 0) is 36.4 Å². The lowest BCUT2D eigenvalue weighted by molar-refractivity contribution is 0.102. The minimum atomic E-state index is -0.176.